The summed E-state index contributed by atoms with van der Waals surface area (Å²) in [6, 6.07) is 14.2. The van der Waals surface area contributed by atoms with Crippen LogP contribution in [0.4, 0.5) is 5.69 Å². The van der Waals surface area contributed by atoms with Crippen LogP contribution in [-0.2, 0) is 10.0 Å². The number of rotatable bonds is 5. The molecule has 0 amide bonds. The lowest BCUT2D eigenvalue weighted by atomic mass is 10.1. The number of nitrogens with one attached hydrogen (secondary N) is 1. The van der Waals surface area contributed by atoms with E-state index in [9.17, 15) is 13.2 Å². The molecule has 0 aromatic heterocycles. The van der Waals surface area contributed by atoms with Crippen molar-refractivity contribution in [1.29, 1.82) is 0 Å². The normalized spacial score (nSPS) is 11.1. The average molecular weight is 310 g/mol. The van der Waals surface area contributed by atoms with Gasteiger partial charge in [-0.1, -0.05) is 30.3 Å². The molecule has 2 aromatic carbocycles. The van der Waals surface area contributed by atoms with E-state index in [0.29, 0.717) is 11.3 Å². The summed E-state index contributed by atoms with van der Waals surface area (Å²) < 4.78 is 26.7. The second-order valence-corrected chi connectivity index (χ2v) is 6.01. The minimum absolute atomic E-state index is 0.144. The van der Waals surface area contributed by atoms with Gasteiger partial charge in [0, 0.05) is 11.3 Å². The first kappa shape index (κ1) is 14.6. The van der Waals surface area contributed by atoms with E-state index < -0.39 is 10.0 Å². The maximum Gasteiger partial charge on any atom is 0.261 e. The van der Waals surface area contributed by atoms with Crippen molar-refractivity contribution in [1.82, 2.24) is 0 Å². The molecule has 1 N–H and O–H groups in total. The molecule has 6 heteroatoms. The van der Waals surface area contributed by atoms with Gasteiger partial charge in [-0.2, -0.15) is 0 Å². The number of carbonyl (C=O) groups is 1. The number of ketones is 1. The highest BCUT2D eigenvalue weighted by Gasteiger charge is 2.14. The molecule has 4 nitrogen and oxygen atoms in total. The first-order valence-corrected chi connectivity index (χ1v) is 7.82. The van der Waals surface area contributed by atoms with Crippen molar-refractivity contribution in [2.24, 2.45) is 0 Å². The minimum atomic E-state index is -3.66. The molecule has 0 aliphatic carbocycles. The van der Waals surface area contributed by atoms with Crippen molar-refractivity contribution in [2.45, 2.75) is 4.90 Å². The van der Waals surface area contributed by atoms with Gasteiger partial charge in [-0.05, 0) is 24.3 Å². The molecule has 104 valence electrons. The lowest BCUT2D eigenvalue weighted by molar-refractivity contribution is 0.102. The van der Waals surface area contributed by atoms with Crippen molar-refractivity contribution in [3.05, 3.63) is 60.2 Å². The zero-order chi connectivity index (χ0) is 14.6. The quantitative estimate of drug-likeness (QED) is 0.682. The lowest BCUT2D eigenvalue weighted by Gasteiger charge is -2.08. The summed E-state index contributed by atoms with van der Waals surface area (Å²) in [7, 11) is -3.66. The van der Waals surface area contributed by atoms with Gasteiger partial charge < -0.3 is 0 Å². The Kier molecular flexibility index (Phi) is 4.42. The largest absolute Gasteiger partial charge is 0.293 e. The highest BCUT2D eigenvalue weighted by atomic mass is 35.5. The Bertz CT molecular complexity index is 714. The van der Waals surface area contributed by atoms with Gasteiger partial charge in [0.15, 0.2) is 5.78 Å². The fourth-order valence-electron chi connectivity index (χ4n) is 1.65. The van der Waals surface area contributed by atoms with Crippen LogP contribution in [0.3, 0.4) is 0 Å². The Morgan fingerprint density at radius 1 is 1.05 bits per heavy atom. The molecule has 2 aromatic rings. The molecule has 0 fully saturated rings. The molecular weight excluding hydrogens is 298 g/mol. The predicted molar refractivity (Wildman–Crippen MR) is 78.7 cm³/mol. The summed E-state index contributed by atoms with van der Waals surface area (Å²) >= 11 is 5.48. The predicted octanol–water partition coefficient (Wildman–Crippen LogP) is 2.91. The number of Topliss-reactive ketones (excluding diaryl/α,β-unsaturated/α-hetero) is 1. The first-order valence-electron chi connectivity index (χ1n) is 5.80. The Balaban J connectivity index is 2.29. The van der Waals surface area contributed by atoms with Gasteiger partial charge in [0.1, 0.15) is 0 Å². The van der Waals surface area contributed by atoms with Crippen LogP contribution < -0.4 is 4.72 Å². The van der Waals surface area contributed by atoms with E-state index in [2.05, 4.69) is 4.72 Å². The average Bonchev–Trinajstić information content (AvgIpc) is 2.47. The molecule has 0 bridgehead atoms. The van der Waals surface area contributed by atoms with Gasteiger partial charge in [0.2, 0.25) is 0 Å². The van der Waals surface area contributed by atoms with Crippen LogP contribution in [-0.4, -0.2) is 20.1 Å². The standard InChI is InChI=1S/C14H12ClNO3S/c15-10-14(17)11-5-4-6-12(9-11)16-20(18,19)13-7-2-1-3-8-13/h1-9,16H,10H2. The van der Waals surface area contributed by atoms with Crippen molar-refractivity contribution in [2.75, 3.05) is 10.6 Å². The molecule has 0 atom stereocenters. The maximum atomic E-state index is 12.1. The molecule has 0 spiro atoms. The first-order chi connectivity index (χ1) is 9.53. The fraction of sp³-hybridized carbons (Fsp3) is 0.0714. The number of anilines is 1. The second kappa shape index (κ2) is 6.07. The van der Waals surface area contributed by atoms with Crippen molar-refractivity contribution in [3.63, 3.8) is 0 Å². The van der Waals surface area contributed by atoms with E-state index in [1.807, 2.05) is 0 Å². The topological polar surface area (TPSA) is 63.2 Å². The van der Waals surface area contributed by atoms with E-state index in [4.69, 9.17) is 11.6 Å². The molecule has 0 saturated heterocycles. The number of carbonyl (C=O) groups excluding carboxylic acids is 1. The van der Waals surface area contributed by atoms with Crippen molar-refractivity contribution < 1.29 is 13.2 Å². The van der Waals surface area contributed by atoms with Gasteiger partial charge >= 0.3 is 0 Å². The van der Waals surface area contributed by atoms with Gasteiger partial charge in [0.25, 0.3) is 10.0 Å². The second-order valence-electron chi connectivity index (χ2n) is 4.06. The SMILES string of the molecule is O=C(CCl)c1cccc(NS(=O)(=O)c2ccccc2)c1. The van der Waals surface area contributed by atoms with Gasteiger partial charge in [-0.15, -0.1) is 11.6 Å². The van der Waals surface area contributed by atoms with Crippen LogP contribution >= 0.6 is 11.6 Å². The molecule has 0 saturated carbocycles. The van der Waals surface area contributed by atoms with Gasteiger partial charge in [0.05, 0.1) is 10.8 Å². The molecule has 0 aliphatic heterocycles. The summed E-state index contributed by atoms with van der Waals surface area (Å²) in [5.74, 6) is -0.401. The Labute approximate surface area is 122 Å². The third kappa shape index (κ3) is 3.37. The highest BCUT2D eigenvalue weighted by Crippen LogP contribution is 2.17. The molecule has 20 heavy (non-hydrogen) atoms. The van der Waals surface area contributed by atoms with Crippen LogP contribution in [0.25, 0.3) is 0 Å². The van der Waals surface area contributed by atoms with Crippen molar-refractivity contribution >= 4 is 33.1 Å². The zero-order valence-electron chi connectivity index (χ0n) is 10.4. The van der Waals surface area contributed by atoms with Crippen LogP contribution in [0.15, 0.2) is 59.5 Å². The molecule has 0 heterocycles. The summed E-state index contributed by atoms with van der Waals surface area (Å²) in [5, 5.41) is 0. The summed E-state index contributed by atoms with van der Waals surface area (Å²) in [5.41, 5.74) is 0.693. The van der Waals surface area contributed by atoms with E-state index in [1.54, 1.807) is 36.4 Å². The van der Waals surface area contributed by atoms with Gasteiger partial charge in [-0.3, -0.25) is 9.52 Å². The van der Waals surface area contributed by atoms with Crippen LogP contribution in [0, 0.1) is 0 Å². The smallest absolute Gasteiger partial charge is 0.261 e. The number of alkyl halides is 1. The Morgan fingerprint density at radius 3 is 2.40 bits per heavy atom. The minimum Gasteiger partial charge on any atom is -0.293 e. The molecule has 2 rings (SSSR count). The number of sulfonamides is 1. The Hall–Kier alpha value is -1.85. The van der Waals surface area contributed by atoms with Crippen LogP contribution in [0.2, 0.25) is 0 Å². The summed E-state index contributed by atoms with van der Waals surface area (Å²) in [6.07, 6.45) is 0. The third-order valence-corrected chi connectivity index (χ3v) is 4.25. The van der Waals surface area contributed by atoms with E-state index in [1.165, 1.54) is 18.2 Å². The van der Waals surface area contributed by atoms with E-state index >= 15 is 0 Å². The number of hydrogen-bond acceptors (Lipinski definition) is 3. The molecule has 0 radical (unpaired) electrons. The summed E-state index contributed by atoms with van der Waals surface area (Å²) in [4.78, 5) is 11.7. The highest BCUT2D eigenvalue weighted by molar-refractivity contribution is 7.92. The number of halogens is 1. The molecule has 0 aliphatic rings. The lowest BCUT2D eigenvalue weighted by Crippen LogP contribution is -2.13. The van der Waals surface area contributed by atoms with Crippen LogP contribution in [0.5, 0.6) is 0 Å². The monoisotopic (exact) mass is 309 g/mol. The van der Waals surface area contributed by atoms with E-state index in [0.717, 1.165) is 0 Å². The van der Waals surface area contributed by atoms with Gasteiger partial charge in [-0.25, -0.2) is 8.42 Å². The molecule has 0 unspecified atom stereocenters. The number of hydrogen-bond donors (Lipinski definition) is 1. The number of benzene rings is 2. The third-order valence-electron chi connectivity index (χ3n) is 2.61. The Morgan fingerprint density at radius 2 is 1.75 bits per heavy atom. The van der Waals surface area contributed by atoms with E-state index in [-0.39, 0.29) is 16.6 Å². The van der Waals surface area contributed by atoms with Crippen LogP contribution in [0.1, 0.15) is 10.4 Å². The zero-order valence-corrected chi connectivity index (χ0v) is 12.0. The maximum absolute atomic E-state index is 12.1. The summed E-state index contributed by atoms with van der Waals surface area (Å²) in [6.45, 7) is 0. The van der Waals surface area contributed by atoms with Crippen molar-refractivity contribution in [3.8, 4) is 0 Å². The molecular formula is C14H12ClNO3S. The fourth-order valence-corrected chi connectivity index (χ4v) is 2.87.